The predicted molar refractivity (Wildman–Crippen MR) is 93.2 cm³/mol. The van der Waals surface area contributed by atoms with Crippen LogP contribution in [0, 0.1) is 10.1 Å². The highest BCUT2D eigenvalue weighted by Gasteiger charge is 2.21. The molecule has 0 spiro atoms. The minimum atomic E-state index is -0.479. The van der Waals surface area contributed by atoms with Crippen molar-refractivity contribution in [1.82, 2.24) is 0 Å². The Morgan fingerprint density at radius 3 is 2.56 bits per heavy atom. The second kappa shape index (κ2) is 6.64. The molecule has 0 aliphatic rings. The van der Waals surface area contributed by atoms with E-state index in [0.29, 0.717) is 23.6 Å². The number of amides is 1. The Hall–Kier alpha value is -3.35. The zero-order valence-corrected chi connectivity index (χ0v) is 13.8. The first-order chi connectivity index (χ1) is 12.0. The molecule has 0 aliphatic heterocycles. The number of rotatable bonds is 5. The molecule has 0 atom stereocenters. The maximum Gasteiger partial charge on any atom is 0.294 e. The quantitative estimate of drug-likeness (QED) is 0.517. The summed E-state index contributed by atoms with van der Waals surface area (Å²) in [7, 11) is 1.54. The number of furan rings is 1. The summed E-state index contributed by atoms with van der Waals surface area (Å²) in [5.41, 5.74) is 1.04. The van der Waals surface area contributed by atoms with E-state index in [9.17, 15) is 14.9 Å². The SMILES string of the molecule is CCN(C(=O)c1cc2cccc(OC)c2o1)c1ccc([N+](=O)[O-])cc1. The van der Waals surface area contributed by atoms with Crippen LogP contribution in [0.25, 0.3) is 11.0 Å². The average molecular weight is 340 g/mol. The summed E-state index contributed by atoms with van der Waals surface area (Å²) in [6.45, 7) is 2.22. The Morgan fingerprint density at radius 2 is 1.96 bits per heavy atom. The van der Waals surface area contributed by atoms with Gasteiger partial charge in [0, 0.05) is 29.8 Å². The summed E-state index contributed by atoms with van der Waals surface area (Å²) in [5, 5.41) is 11.5. The molecule has 1 amide bonds. The fourth-order valence-corrected chi connectivity index (χ4v) is 2.63. The minimum Gasteiger partial charge on any atom is -0.493 e. The number of nitrogens with zero attached hydrogens (tertiary/aromatic N) is 2. The van der Waals surface area contributed by atoms with E-state index in [1.165, 1.54) is 24.1 Å². The fraction of sp³-hybridized carbons (Fsp3) is 0.167. The molecule has 0 N–H and O–H groups in total. The van der Waals surface area contributed by atoms with E-state index in [-0.39, 0.29) is 17.4 Å². The molecule has 3 rings (SSSR count). The number of carbonyl (C=O) groups excluding carboxylic acids is 1. The molecule has 0 radical (unpaired) electrons. The molecule has 0 unspecified atom stereocenters. The number of methoxy groups -OCH3 is 1. The molecule has 0 saturated heterocycles. The van der Waals surface area contributed by atoms with Crippen molar-refractivity contribution in [3.63, 3.8) is 0 Å². The zero-order valence-electron chi connectivity index (χ0n) is 13.8. The molecule has 0 aliphatic carbocycles. The van der Waals surface area contributed by atoms with Crippen molar-refractivity contribution in [2.24, 2.45) is 0 Å². The second-order valence-corrected chi connectivity index (χ2v) is 5.31. The van der Waals surface area contributed by atoms with Gasteiger partial charge in [0.05, 0.1) is 12.0 Å². The number of benzene rings is 2. The van der Waals surface area contributed by atoms with E-state index in [4.69, 9.17) is 9.15 Å². The lowest BCUT2D eigenvalue weighted by atomic mass is 10.2. The van der Waals surface area contributed by atoms with Gasteiger partial charge in [-0.15, -0.1) is 0 Å². The number of para-hydroxylation sites is 1. The number of carbonyl (C=O) groups is 1. The van der Waals surface area contributed by atoms with Gasteiger partial charge in [-0.25, -0.2) is 0 Å². The van der Waals surface area contributed by atoms with Crippen LogP contribution in [0.15, 0.2) is 52.9 Å². The third-order valence-electron chi connectivity index (χ3n) is 3.87. The highest BCUT2D eigenvalue weighted by Crippen LogP contribution is 2.30. The van der Waals surface area contributed by atoms with Crippen LogP contribution >= 0.6 is 0 Å². The standard InChI is InChI=1S/C18H16N2O5/c1-3-19(13-7-9-14(10-8-13)20(22)23)18(21)16-11-12-5-4-6-15(24-2)17(12)25-16/h4-11H,3H2,1-2H3. The molecule has 7 heteroatoms. The van der Waals surface area contributed by atoms with E-state index < -0.39 is 4.92 Å². The van der Waals surface area contributed by atoms with Gasteiger partial charge in [0.2, 0.25) is 0 Å². The molecular formula is C18H16N2O5. The molecule has 128 valence electrons. The third kappa shape index (κ3) is 3.03. The molecule has 7 nitrogen and oxygen atoms in total. The Bertz CT molecular complexity index is 930. The van der Waals surface area contributed by atoms with Gasteiger partial charge in [0.15, 0.2) is 17.1 Å². The normalized spacial score (nSPS) is 10.6. The number of nitro benzene ring substituents is 1. The highest BCUT2D eigenvalue weighted by molar-refractivity contribution is 6.06. The molecule has 1 aromatic heterocycles. The number of ether oxygens (including phenoxy) is 1. The predicted octanol–water partition coefficient (Wildman–Crippen LogP) is 4.02. The Labute approximate surface area is 143 Å². The van der Waals surface area contributed by atoms with Crippen molar-refractivity contribution < 1.29 is 18.9 Å². The van der Waals surface area contributed by atoms with Crippen molar-refractivity contribution in [1.29, 1.82) is 0 Å². The zero-order chi connectivity index (χ0) is 18.0. The van der Waals surface area contributed by atoms with Crippen LogP contribution in [-0.2, 0) is 0 Å². The highest BCUT2D eigenvalue weighted by atomic mass is 16.6. The number of nitro groups is 1. The Kier molecular flexibility index (Phi) is 4.38. The summed E-state index contributed by atoms with van der Waals surface area (Å²) < 4.78 is 10.9. The second-order valence-electron chi connectivity index (χ2n) is 5.31. The van der Waals surface area contributed by atoms with Gasteiger partial charge in [0.25, 0.3) is 11.6 Å². The molecule has 0 bridgehead atoms. The van der Waals surface area contributed by atoms with E-state index in [2.05, 4.69) is 0 Å². The van der Waals surface area contributed by atoms with Gasteiger partial charge < -0.3 is 14.1 Å². The third-order valence-corrected chi connectivity index (χ3v) is 3.87. The van der Waals surface area contributed by atoms with E-state index in [1.807, 2.05) is 19.1 Å². The Morgan fingerprint density at radius 1 is 1.24 bits per heavy atom. The van der Waals surface area contributed by atoms with Gasteiger partial charge in [0.1, 0.15) is 0 Å². The first kappa shape index (κ1) is 16.5. The first-order valence-electron chi connectivity index (χ1n) is 7.68. The van der Waals surface area contributed by atoms with Crippen LogP contribution in [-0.4, -0.2) is 24.5 Å². The van der Waals surface area contributed by atoms with Gasteiger partial charge in [-0.05, 0) is 31.2 Å². The number of anilines is 1. The van der Waals surface area contributed by atoms with Crippen molar-refractivity contribution >= 4 is 28.3 Å². The molecule has 3 aromatic rings. The summed E-state index contributed by atoms with van der Waals surface area (Å²) >= 11 is 0. The van der Waals surface area contributed by atoms with Crippen molar-refractivity contribution in [2.45, 2.75) is 6.92 Å². The molecule has 0 saturated carbocycles. The number of hydrogen-bond donors (Lipinski definition) is 0. The summed E-state index contributed by atoms with van der Waals surface area (Å²) in [4.78, 5) is 24.6. The molecule has 25 heavy (non-hydrogen) atoms. The van der Waals surface area contributed by atoms with Crippen molar-refractivity contribution in [3.05, 3.63) is 64.4 Å². The van der Waals surface area contributed by atoms with Crippen LogP contribution in [0.3, 0.4) is 0 Å². The summed E-state index contributed by atoms with van der Waals surface area (Å²) in [6, 6.07) is 12.9. The largest absolute Gasteiger partial charge is 0.493 e. The van der Waals surface area contributed by atoms with E-state index in [1.54, 1.807) is 24.3 Å². The number of hydrogen-bond acceptors (Lipinski definition) is 5. The van der Waals surface area contributed by atoms with E-state index >= 15 is 0 Å². The Balaban J connectivity index is 1.96. The monoisotopic (exact) mass is 340 g/mol. The van der Waals surface area contributed by atoms with Gasteiger partial charge in [-0.1, -0.05) is 12.1 Å². The molecule has 0 fully saturated rings. The van der Waals surface area contributed by atoms with Gasteiger partial charge in [-0.2, -0.15) is 0 Å². The van der Waals surface area contributed by atoms with Crippen LogP contribution in [0.2, 0.25) is 0 Å². The summed E-state index contributed by atoms with van der Waals surface area (Å²) in [5.74, 6) is 0.407. The van der Waals surface area contributed by atoms with E-state index in [0.717, 1.165) is 5.39 Å². The van der Waals surface area contributed by atoms with Crippen LogP contribution in [0.5, 0.6) is 5.75 Å². The van der Waals surface area contributed by atoms with Crippen molar-refractivity contribution in [3.8, 4) is 5.75 Å². The lowest BCUT2D eigenvalue weighted by Gasteiger charge is -2.19. The minimum absolute atomic E-state index is 0.0271. The van der Waals surface area contributed by atoms with Gasteiger partial charge in [-0.3, -0.25) is 14.9 Å². The van der Waals surface area contributed by atoms with Crippen LogP contribution < -0.4 is 9.64 Å². The maximum absolute atomic E-state index is 12.8. The molecular weight excluding hydrogens is 324 g/mol. The number of non-ortho nitro benzene ring substituents is 1. The fourth-order valence-electron chi connectivity index (χ4n) is 2.63. The molecule has 1 heterocycles. The smallest absolute Gasteiger partial charge is 0.294 e. The van der Waals surface area contributed by atoms with Gasteiger partial charge >= 0.3 is 0 Å². The maximum atomic E-state index is 12.8. The first-order valence-corrected chi connectivity index (χ1v) is 7.68. The summed E-state index contributed by atoms with van der Waals surface area (Å²) in [6.07, 6.45) is 0. The molecule has 2 aromatic carbocycles. The topological polar surface area (TPSA) is 85.8 Å². The van der Waals surface area contributed by atoms with Crippen LogP contribution in [0.1, 0.15) is 17.5 Å². The lowest BCUT2D eigenvalue weighted by Crippen LogP contribution is -2.30. The lowest BCUT2D eigenvalue weighted by molar-refractivity contribution is -0.384. The average Bonchev–Trinajstić information content (AvgIpc) is 3.07. The number of fused-ring (bicyclic) bond motifs is 1. The van der Waals surface area contributed by atoms with Crippen molar-refractivity contribution in [2.75, 3.05) is 18.6 Å². The van der Waals surface area contributed by atoms with Crippen LogP contribution in [0.4, 0.5) is 11.4 Å².